The third kappa shape index (κ3) is 3.17. The normalized spacial score (nSPS) is 11.2. The Labute approximate surface area is 106 Å². The lowest BCUT2D eigenvalue weighted by Crippen LogP contribution is -2.27. The van der Waals surface area contributed by atoms with Gasteiger partial charge in [0.05, 0.1) is 10.2 Å². The van der Waals surface area contributed by atoms with Crippen molar-refractivity contribution in [2.24, 2.45) is 0 Å². The third-order valence-corrected chi connectivity index (χ3v) is 3.75. The van der Waals surface area contributed by atoms with Gasteiger partial charge in [0.25, 0.3) is 5.19 Å². The first-order valence-electron chi connectivity index (χ1n) is 6.04. The second kappa shape index (κ2) is 5.98. The molecular weight excluding hydrogens is 232 g/mol. The van der Waals surface area contributed by atoms with Crippen LogP contribution in [0, 0.1) is 0 Å². The molecule has 0 N–H and O–H groups in total. The van der Waals surface area contributed by atoms with Crippen LogP contribution in [0.2, 0.25) is 0 Å². The molecule has 1 aromatic heterocycles. The minimum atomic E-state index is 0.710. The molecule has 0 atom stereocenters. The second-order valence-corrected chi connectivity index (χ2v) is 4.82. The quantitative estimate of drug-likeness (QED) is 0.788. The van der Waals surface area contributed by atoms with Crippen LogP contribution in [0.1, 0.15) is 13.8 Å². The lowest BCUT2D eigenvalue weighted by atomic mass is 10.3. The average molecular weight is 250 g/mol. The molecule has 92 valence electrons. The molecule has 0 amide bonds. The fourth-order valence-corrected chi connectivity index (χ4v) is 2.55. The number of hydrogen-bond acceptors (Lipinski definition) is 4. The van der Waals surface area contributed by atoms with Gasteiger partial charge in [-0.25, -0.2) is 4.98 Å². The zero-order valence-electron chi connectivity index (χ0n) is 10.3. The molecule has 1 heterocycles. The number of likely N-dealkylation sites (N-methyl/N-ethyl adjacent to an activating group) is 1. The van der Waals surface area contributed by atoms with Gasteiger partial charge in [-0.3, -0.25) is 0 Å². The Balaban J connectivity index is 1.90. The summed E-state index contributed by atoms with van der Waals surface area (Å²) < 4.78 is 6.88. The van der Waals surface area contributed by atoms with Gasteiger partial charge in [0.2, 0.25) is 0 Å². The molecule has 1 aromatic carbocycles. The van der Waals surface area contributed by atoms with E-state index in [0.717, 1.165) is 30.3 Å². The van der Waals surface area contributed by atoms with Crippen molar-refractivity contribution in [2.45, 2.75) is 13.8 Å². The second-order valence-electron chi connectivity index (χ2n) is 3.82. The summed E-state index contributed by atoms with van der Waals surface area (Å²) >= 11 is 1.61. The van der Waals surface area contributed by atoms with Crippen LogP contribution in [0.5, 0.6) is 5.19 Å². The summed E-state index contributed by atoms with van der Waals surface area (Å²) in [6, 6.07) is 8.12. The molecule has 0 saturated heterocycles. The molecule has 4 heteroatoms. The maximum Gasteiger partial charge on any atom is 0.274 e. The smallest absolute Gasteiger partial charge is 0.274 e. The van der Waals surface area contributed by atoms with E-state index >= 15 is 0 Å². The van der Waals surface area contributed by atoms with Crippen molar-refractivity contribution in [2.75, 3.05) is 26.2 Å². The molecular formula is C13H18N2OS. The van der Waals surface area contributed by atoms with E-state index in [2.05, 4.69) is 29.8 Å². The molecule has 0 bridgehead atoms. The van der Waals surface area contributed by atoms with Crippen LogP contribution >= 0.6 is 11.3 Å². The van der Waals surface area contributed by atoms with Crippen molar-refractivity contribution in [3.05, 3.63) is 24.3 Å². The number of benzene rings is 1. The standard InChI is InChI=1S/C13H18N2OS/c1-3-15(4-2)9-10-16-13-14-11-7-5-6-8-12(11)17-13/h5-8H,3-4,9-10H2,1-2H3. The number of fused-ring (bicyclic) bond motifs is 1. The van der Waals surface area contributed by atoms with Crippen LogP contribution in [0.25, 0.3) is 10.2 Å². The van der Waals surface area contributed by atoms with Gasteiger partial charge in [-0.15, -0.1) is 0 Å². The lowest BCUT2D eigenvalue weighted by Gasteiger charge is -2.17. The summed E-state index contributed by atoms with van der Waals surface area (Å²) in [5.74, 6) is 0. The highest BCUT2D eigenvalue weighted by molar-refractivity contribution is 7.20. The van der Waals surface area contributed by atoms with E-state index in [0.29, 0.717) is 6.61 Å². The number of para-hydroxylation sites is 1. The minimum Gasteiger partial charge on any atom is -0.469 e. The highest BCUT2D eigenvalue weighted by Gasteiger charge is 2.04. The van der Waals surface area contributed by atoms with Crippen LogP contribution in [-0.4, -0.2) is 36.1 Å². The monoisotopic (exact) mass is 250 g/mol. The summed E-state index contributed by atoms with van der Waals surface area (Å²) in [7, 11) is 0. The Morgan fingerprint density at radius 1 is 1.24 bits per heavy atom. The van der Waals surface area contributed by atoms with Crippen molar-refractivity contribution in [3.8, 4) is 5.19 Å². The third-order valence-electron chi connectivity index (χ3n) is 2.80. The molecule has 0 spiro atoms. The summed E-state index contributed by atoms with van der Waals surface area (Å²) in [6.45, 7) is 8.15. The van der Waals surface area contributed by atoms with E-state index in [4.69, 9.17) is 4.74 Å². The first-order valence-corrected chi connectivity index (χ1v) is 6.86. The van der Waals surface area contributed by atoms with Crippen LogP contribution in [0.3, 0.4) is 0 Å². The van der Waals surface area contributed by atoms with Gasteiger partial charge >= 0.3 is 0 Å². The number of thiazole rings is 1. The number of aromatic nitrogens is 1. The van der Waals surface area contributed by atoms with E-state index in [9.17, 15) is 0 Å². The fraction of sp³-hybridized carbons (Fsp3) is 0.462. The predicted octanol–water partition coefficient (Wildman–Crippen LogP) is 3.02. The number of ether oxygens (including phenoxy) is 1. The van der Waals surface area contributed by atoms with Gasteiger partial charge in [-0.2, -0.15) is 0 Å². The topological polar surface area (TPSA) is 25.4 Å². The van der Waals surface area contributed by atoms with Crippen LogP contribution in [0.15, 0.2) is 24.3 Å². The lowest BCUT2D eigenvalue weighted by molar-refractivity contribution is 0.222. The number of hydrogen-bond donors (Lipinski definition) is 0. The fourth-order valence-electron chi connectivity index (χ4n) is 1.71. The molecule has 3 nitrogen and oxygen atoms in total. The van der Waals surface area contributed by atoms with Gasteiger partial charge in [0.1, 0.15) is 6.61 Å². The Bertz CT molecular complexity index is 432. The van der Waals surface area contributed by atoms with Crippen LogP contribution < -0.4 is 4.74 Å². The van der Waals surface area contributed by atoms with Gasteiger partial charge in [0.15, 0.2) is 0 Å². The van der Waals surface area contributed by atoms with E-state index in [1.807, 2.05) is 18.2 Å². The zero-order chi connectivity index (χ0) is 12.1. The van der Waals surface area contributed by atoms with Crippen molar-refractivity contribution < 1.29 is 4.74 Å². The van der Waals surface area contributed by atoms with Crippen molar-refractivity contribution in [1.29, 1.82) is 0 Å². The molecule has 17 heavy (non-hydrogen) atoms. The van der Waals surface area contributed by atoms with Gasteiger partial charge < -0.3 is 9.64 Å². The Kier molecular flexibility index (Phi) is 4.34. The Morgan fingerprint density at radius 2 is 2.00 bits per heavy atom. The van der Waals surface area contributed by atoms with Gasteiger partial charge in [-0.05, 0) is 25.2 Å². The van der Waals surface area contributed by atoms with Gasteiger partial charge in [-0.1, -0.05) is 37.3 Å². The molecule has 0 unspecified atom stereocenters. The molecule has 0 saturated carbocycles. The maximum atomic E-state index is 5.69. The molecule has 0 radical (unpaired) electrons. The molecule has 0 aliphatic heterocycles. The first kappa shape index (κ1) is 12.3. The van der Waals surface area contributed by atoms with Crippen LogP contribution in [0.4, 0.5) is 0 Å². The number of nitrogens with zero attached hydrogens (tertiary/aromatic N) is 2. The van der Waals surface area contributed by atoms with Crippen molar-refractivity contribution in [3.63, 3.8) is 0 Å². The Hall–Kier alpha value is -1.13. The highest BCUT2D eigenvalue weighted by atomic mass is 32.1. The van der Waals surface area contributed by atoms with Crippen molar-refractivity contribution >= 4 is 21.6 Å². The summed E-state index contributed by atoms with van der Waals surface area (Å²) in [6.07, 6.45) is 0. The highest BCUT2D eigenvalue weighted by Crippen LogP contribution is 2.27. The van der Waals surface area contributed by atoms with E-state index in [1.54, 1.807) is 11.3 Å². The average Bonchev–Trinajstić information content (AvgIpc) is 2.77. The SMILES string of the molecule is CCN(CC)CCOc1nc2ccccc2s1. The molecule has 0 aliphatic rings. The molecule has 2 rings (SSSR count). The van der Waals surface area contributed by atoms with Crippen molar-refractivity contribution in [1.82, 2.24) is 9.88 Å². The molecule has 2 aromatic rings. The summed E-state index contributed by atoms with van der Waals surface area (Å²) in [5.41, 5.74) is 1.02. The predicted molar refractivity (Wildman–Crippen MR) is 72.9 cm³/mol. The van der Waals surface area contributed by atoms with E-state index in [1.165, 1.54) is 4.70 Å². The van der Waals surface area contributed by atoms with Crippen LogP contribution in [-0.2, 0) is 0 Å². The largest absolute Gasteiger partial charge is 0.469 e. The number of rotatable bonds is 6. The first-order chi connectivity index (χ1) is 8.33. The Morgan fingerprint density at radius 3 is 2.71 bits per heavy atom. The summed E-state index contributed by atoms with van der Waals surface area (Å²) in [5, 5.41) is 0.776. The van der Waals surface area contributed by atoms with Gasteiger partial charge in [0, 0.05) is 6.54 Å². The zero-order valence-corrected chi connectivity index (χ0v) is 11.2. The molecule has 0 aliphatic carbocycles. The maximum absolute atomic E-state index is 5.69. The molecule has 0 fully saturated rings. The summed E-state index contributed by atoms with van der Waals surface area (Å²) in [4.78, 5) is 6.78. The van der Waals surface area contributed by atoms with E-state index in [-0.39, 0.29) is 0 Å². The van der Waals surface area contributed by atoms with E-state index < -0.39 is 0 Å². The minimum absolute atomic E-state index is 0.710.